The normalized spacial score (nSPS) is 13.2. The number of carbonyl (C=O) groups is 1. The maximum atomic E-state index is 13.4. The average molecular weight is 576 g/mol. The highest BCUT2D eigenvalue weighted by molar-refractivity contribution is 5.78. The van der Waals surface area contributed by atoms with Crippen LogP contribution in [0.1, 0.15) is 57.5 Å². The lowest BCUT2D eigenvalue weighted by Gasteiger charge is -2.21. The van der Waals surface area contributed by atoms with E-state index in [1.165, 1.54) is 23.3 Å². The topological polar surface area (TPSA) is 148 Å². The summed E-state index contributed by atoms with van der Waals surface area (Å²) >= 11 is 0. The molecular formula is C32H29N7O4. The number of hydrogen-bond acceptors (Lipinski definition) is 7. The van der Waals surface area contributed by atoms with E-state index in [0.29, 0.717) is 17.7 Å². The van der Waals surface area contributed by atoms with Gasteiger partial charge in [0.15, 0.2) is 0 Å². The minimum Gasteiger partial charge on any atom is -0.464 e. The van der Waals surface area contributed by atoms with Crippen molar-refractivity contribution in [1.29, 1.82) is 0 Å². The van der Waals surface area contributed by atoms with Gasteiger partial charge in [0.25, 0.3) is 5.56 Å². The number of nitrogens with zero attached hydrogens (tertiary/aromatic N) is 5. The van der Waals surface area contributed by atoms with Crippen molar-refractivity contribution in [3.8, 4) is 5.82 Å². The van der Waals surface area contributed by atoms with E-state index in [1.54, 1.807) is 12.3 Å². The van der Waals surface area contributed by atoms with Gasteiger partial charge < -0.3 is 10.4 Å². The van der Waals surface area contributed by atoms with Crippen LogP contribution in [0.5, 0.6) is 0 Å². The molecule has 6 rings (SSSR count). The molecule has 11 nitrogen and oxygen atoms in total. The third-order valence-corrected chi connectivity index (χ3v) is 7.47. The van der Waals surface area contributed by atoms with Gasteiger partial charge in [0.1, 0.15) is 12.1 Å². The smallest absolute Gasteiger partial charge is 0.416 e. The Morgan fingerprint density at radius 2 is 1.65 bits per heavy atom. The van der Waals surface area contributed by atoms with Gasteiger partial charge in [0.2, 0.25) is 5.95 Å². The molecule has 0 fully saturated rings. The number of aryl methyl sites for hydroxylation is 2. The Morgan fingerprint density at radius 1 is 0.977 bits per heavy atom. The van der Waals surface area contributed by atoms with Crippen LogP contribution in [0.15, 0.2) is 77.0 Å². The van der Waals surface area contributed by atoms with Crippen LogP contribution < -0.4 is 16.6 Å². The van der Waals surface area contributed by atoms with E-state index < -0.39 is 23.3 Å². The predicted molar refractivity (Wildman–Crippen MR) is 163 cm³/mol. The fraction of sp³-hybridized carbons (Fsp3) is 0.188. The van der Waals surface area contributed by atoms with E-state index in [0.717, 1.165) is 37.9 Å². The fourth-order valence-electron chi connectivity index (χ4n) is 5.46. The minimum atomic E-state index is -1.11. The largest absolute Gasteiger partial charge is 0.464 e. The van der Waals surface area contributed by atoms with Crippen LogP contribution in [-0.4, -0.2) is 46.3 Å². The molecule has 0 radical (unpaired) electrons. The number of aromatic nitrogens is 6. The molecule has 43 heavy (non-hydrogen) atoms. The van der Waals surface area contributed by atoms with Crippen LogP contribution in [0.2, 0.25) is 0 Å². The van der Waals surface area contributed by atoms with Crippen LogP contribution in [0.25, 0.3) is 18.0 Å². The first-order valence-corrected chi connectivity index (χ1v) is 13.8. The quantitative estimate of drug-likeness (QED) is 0.265. The molecule has 5 aromatic rings. The number of fused-ring (bicyclic) bond motifs is 2. The molecule has 216 valence electrons. The maximum absolute atomic E-state index is 13.4. The molecule has 0 saturated carbocycles. The van der Waals surface area contributed by atoms with Crippen LogP contribution in [0.3, 0.4) is 0 Å². The number of rotatable bonds is 6. The predicted octanol–water partition coefficient (Wildman–Crippen LogP) is 4.36. The van der Waals surface area contributed by atoms with E-state index in [4.69, 9.17) is 5.11 Å². The Morgan fingerprint density at radius 3 is 2.28 bits per heavy atom. The molecule has 3 aromatic heterocycles. The van der Waals surface area contributed by atoms with Crippen molar-refractivity contribution in [2.45, 2.75) is 39.2 Å². The van der Waals surface area contributed by atoms with Crippen molar-refractivity contribution in [3.05, 3.63) is 133 Å². The summed E-state index contributed by atoms with van der Waals surface area (Å²) in [7, 11) is 0. The second-order valence-corrected chi connectivity index (χ2v) is 10.8. The summed E-state index contributed by atoms with van der Waals surface area (Å²) < 4.78 is 2.31. The van der Waals surface area contributed by atoms with Gasteiger partial charge in [0, 0.05) is 48.6 Å². The molecule has 2 aromatic carbocycles. The van der Waals surface area contributed by atoms with E-state index in [1.807, 2.05) is 45.0 Å². The van der Waals surface area contributed by atoms with Gasteiger partial charge in [-0.15, -0.1) is 0 Å². The van der Waals surface area contributed by atoms with Crippen LogP contribution in [0, 0.1) is 13.8 Å². The molecule has 0 unspecified atom stereocenters. The Hall–Kier alpha value is -5.58. The van der Waals surface area contributed by atoms with Gasteiger partial charge >= 0.3 is 11.8 Å². The molecule has 1 aliphatic rings. The van der Waals surface area contributed by atoms with Gasteiger partial charge in [0.05, 0.1) is 5.69 Å². The maximum Gasteiger partial charge on any atom is 0.416 e. The van der Waals surface area contributed by atoms with Crippen molar-refractivity contribution < 1.29 is 9.90 Å². The summed E-state index contributed by atoms with van der Waals surface area (Å²) in [5, 5.41) is 12.3. The standard InChI is InChI=1S/C32H29N7O4/c1-18-4-8-24-21(12-18)6-7-22-13-19(2)5-9-25(22)28(24)26-16-39(31(41)37-29(26)40)27-10-11-33-30(36-27)35-20(3)14-23-15-38(17-34-23)32(42)43/h4-13,15-17,20,28H,14H2,1-3H3,(H,42,43)(H,33,35,36)(H,37,40,41)/t20-/m1/s1. The van der Waals surface area contributed by atoms with Crippen molar-refractivity contribution in [2.24, 2.45) is 0 Å². The van der Waals surface area contributed by atoms with E-state index in [9.17, 15) is 14.4 Å². The number of anilines is 1. The van der Waals surface area contributed by atoms with Gasteiger partial charge in [-0.05, 0) is 43.0 Å². The molecule has 1 aliphatic carbocycles. The highest BCUT2D eigenvalue weighted by atomic mass is 16.4. The van der Waals surface area contributed by atoms with E-state index >= 15 is 0 Å². The molecule has 0 saturated heterocycles. The zero-order valence-corrected chi connectivity index (χ0v) is 23.8. The monoisotopic (exact) mass is 575 g/mol. The summed E-state index contributed by atoms with van der Waals surface area (Å²) in [6.45, 7) is 5.95. The third kappa shape index (κ3) is 5.52. The highest BCUT2D eigenvalue weighted by Crippen LogP contribution is 2.38. The molecule has 0 aliphatic heterocycles. The van der Waals surface area contributed by atoms with Crippen LogP contribution in [-0.2, 0) is 6.42 Å². The van der Waals surface area contributed by atoms with E-state index in [-0.39, 0.29) is 17.8 Å². The molecule has 0 bridgehead atoms. The Labute approximate surface area is 246 Å². The first-order valence-electron chi connectivity index (χ1n) is 13.8. The first-order chi connectivity index (χ1) is 20.7. The minimum absolute atomic E-state index is 0.200. The van der Waals surface area contributed by atoms with Crippen LogP contribution in [0.4, 0.5) is 10.7 Å². The van der Waals surface area contributed by atoms with Crippen molar-refractivity contribution in [2.75, 3.05) is 5.32 Å². The summed E-state index contributed by atoms with van der Waals surface area (Å²) in [5.41, 5.74) is 6.06. The van der Waals surface area contributed by atoms with Gasteiger partial charge in [-0.2, -0.15) is 4.98 Å². The zero-order chi connectivity index (χ0) is 30.2. The molecule has 0 amide bonds. The van der Waals surface area contributed by atoms with Crippen molar-refractivity contribution in [1.82, 2.24) is 29.1 Å². The van der Waals surface area contributed by atoms with Gasteiger partial charge in [-0.1, -0.05) is 59.7 Å². The summed E-state index contributed by atoms with van der Waals surface area (Å²) in [6, 6.07) is 13.7. The van der Waals surface area contributed by atoms with Crippen molar-refractivity contribution in [3.63, 3.8) is 0 Å². The van der Waals surface area contributed by atoms with E-state index in [2.05, 4.69) is 49.5 Å². The lowest BCUT2D eigenvalue weighted by molar-refractivity contribution is 0.196. The molecule has 11 heteroatoms. The summed E-state index contributed by atoms with van der Waals surface area (Å²) in [4.78, 5) is 53.2. The van der Waals surface area contributed by atoms with Gasteiger partial charge in [-0.3, -0.25) is 14.3 Å². The SMILES string of the molecule is Cc1ccc2c(c1)C=Cc1cc(C)ccc1C2c1cn(-c2ccnc(N[C@H](C)Cc3cn(C(=O)O)cn3)n2)c(=O)[nH]c1=O. The highest BCUT2D eigenvalue weighted by Gasteiger charge is 2.27. The number of H-pyrrole nitrogens is 1. The van der Waals surface area contributed by atoms with Crippen molar-refractivity contribution >= 4 is 24.2 Å². The Bertz CT molecular complexity index is 1970. The number of hydrogen-bond donors (Lipinski definition) is 3. The summed E-state index contributed by atoms with van der Waals surface area (Å²) in [6.07, 6.45) is 9.23. The molecule has 0 spiro atoms. The number of aromatic amines is 1. The first kappa shape index (κ1) is 27.6. The fourth-order valence-corrected chi connectivity index (χ4v) is 5.46. The Kier molecular flexibility index (Phi) is 7.06. The zero-order valence-electron chi connectivity index (χ0n) is 23.8. The molecular weight excluding hydrogens is 546 g/mol. The second-order valence-electron chi connectivity index (χ2n) is 10.8. The Balaban J connectivity index is 1.38. The molecule has 3 N–H and O–H groups in total. The lowest BCUT2D eigenvalue weighted by atomic mass is 9.82. The third-order valence-electron chi connectivity index (χ3n) is 7.47. The summed E-state index contributed by atoms with van der Waals surface area (Å²) in [5.74, 6) is 0.117. The van der Waals surface area contributed by atoms with Gasteiger partial charge in [-0.25, -0.2) is 24.1 Å². The number of imidazole rings is 1. The lowest BCUT2D eigenvalue weighted by Crippen LogP contribution is -2.33. The molecule has 3 heterocycles. The second kappa shape index (κ2) is 11.0. The van der Waals surface area contributed by atoms with Crippen LogP contribution >= 0.6 is 0 Å². The number of nitrogens with one attached hydrogen (secondary N) is 2. The average Bonchev–Trinajstić information content (AvgIpc) is 3.37. The number of benzene rings is 2. The molecule has 1 atom stereocenters. The number of carboxylic acid groups (broad SMARTS) is 1.